The van der Waals surface area contributed by atoms with Crippen molar-refractivity contribution in [3.63, 3.8) is 0 Å². The molecule has 0 spiro atoms. The first kappa shape index (κ1) is 66.5. The van der Waals surface area contributed by atoms with Crippen molar-refractivity contribution in [3.8, 4) is 0 Å². The Labute approximate surface area is 450 Å². The quantitative estimate of drug-likeness (QED) is 0.0475. The summed E-state index contributed by atoms with van der Waals surface area (Å²) < 4.78 is 95.7. The number of rotatable bonds is 21. The Morgan fingerprint density at radius 2 is 0.738 bits per heavy atom. The zero-order valence-electron chi connectivity index (χ0n) is 42.9. The topological polar surface area (TPSA) is 524 Å². The molecule has 460 valence electrons. The highest BCUT2D eigenvalue weighted by Crippen LogP contribution is 2.36. The average molecular weight is 1180 g/mol. The van der Waals surface area contributed by atoms with Crippen molar-refractivity contribution in [1.82, 2.24) is 26.6 Å². The molecule has 0 aromatic heterocycles. The number of nitrogens with one attached hydrogen (secondary N) is 5. The van der Waals surface area contributed by atoms with Gasteiger partial charge < -0.3 is 141 Å². The molecular weight excluding hydrogens is 1110 g/mol. The zero-order chi connectivity index (χ0) is 59.8. The van der Waals surface area contributed by atoms with Crippen LogP contribution in [0.2, 0.25) is 0 Å². The average Bonchev–Trinajstić information content (AvgIpc) is 3.42. The molecule has 5 fully saturated rings. The van der Waals surface area contributed by atoms with E-state index >= 15 is 0 Å². The number of hydrogen-bond acceptors (Lipinski definition) is 29. The second kappa shape index (κ2) is 28.8. The Morgan fingerprint density at radius 3 is 1.04 bits per heavy atom. The smallest absolute Gasteiger partial charge is 0.444 e. The third kappa shape index (κ3) is 15.7. The van der Waals surface area contributed by atoms with Crippen LogP contribution in [0.5, 0.6) is 0 Å². The van der Waals surface area contributed by atoms with E-state index in [9.17, 15) is 103 Å². The number of nitrogens with two attached hydrogens (primary N) is 1. The number of amides is 5. The lowest BCUT2D eigenvalue weighted by atomic mass is 9.93. The van der Waals surface area contributed by atoms with Crippen LogP contribution in [-0.4, -0.2) is 302 Å². The van der Waals surface area contributed by atoms with E-state index in [0.717, 1.165) is 27.7 Å². The molecule has 26 atom stereocenters. The summed E-state index contributed by atoms with van der Waals surface area (Å²) in [5.74, 6) is -7.77. The van der Waals surface area contributed by atoms with E-state index in [2.05, 4.69) is 26.0 Å². The lowest BCUT2D eigenvalue weighted by molar-refractivity contribution is -0.367. The number of aliphatic hydroxyl groups excluding tert-OH is 12. The summed E-state index contributed by atoms with van der Waals surface area (Å²) >= 11 is 0. The first-order chi connectivity index (χ1) is 37.5. The van der Waals surface area contributed by atoms with E-state index in [4.69, 9.17) is 48.4 Å². The summed E-state index contributed by atoms with van der Waals surface area (Å²) in [6.45, 7) is -2.27. The van der Waals surface area contributed by atoms with Crippen LogP contribution in [0.25, 0.3) is 0 Å². The summed E-state index contributed by atoms with van der Waals surface area (Å²) in [6, 6.07) is -9.03. The Hall–Kier alpha value is -4.27. The van der Waals surface area contributed by atoms with Crippen LogP contribution in [-0.2, 0) is 76.1 Å². The Kier molecular flexibility index (Phi) is 24.0. The second-order valence-electron chi connectivity index (χ2n) is 19.1. The lowest BCUT2D eigenvalue weighted by Gasteiger charge is -2.51. The monoisotopic (exact) mass is 1170 g/mol. The SMILES string of the molecule is CC(=O)N[C@@H]1[C@@H](O)[C@@H](O[C@@H]2O[C@H](CO)C(O[C@@H]3O[C@H](CO)C(O[C@@H]4O[C@H](CO)C(O[C@@H]5O[C@H](CO)[C@@H](O)[C@H](O)[C@H]5NC(=O)C(CN)OC(=O)C(F)(F)F)[C@H](O)[C@H]4NC(C)=O)[C@H](O)[C@H]3NC(C)=O)[C@H](O)[C@H]2NC(C)=O)[C@@H](CO)O[C@H]1O. The van der Waals surface area contributed by atoms with Crippen LogP contribution < -0.4 is 32.3 Å². The molecule has 0 saturated carbocycles. The van der Waals surface area contributed by atoms with Crippen molar-refractivity contribution in [1.29, 1.82) is 0 Å². The molecule has 19 N–H and O–H groups in total. The molecule has 5 aliphatic heterocycles. The first-order valence-electron chi connectivity index (χ1n) is 24.6. The van der Waals surface area contributed by atoms with E-state index < -0.39 is 241 Å². The number of halogens is 3. The van der Waals surface area contributed by atoms with Gasteiger partial charge in [-0.2, -0.15) is 13.2 Å². The van der Waals surface area contributed by atoms with Gasteiger partial charge in [0.2, 0.25) is 23.6 Å². The van der Waals surface area contributed by atoms with E-state index in [-0.39, 0.29) is 0 Å². The van der Waals surface area contributed by atoms with Crippen LogP contribution in [0.1, 0.15) is 27.7 Å². The van der Waals surface area contributed by atoms with E-state index in [0.29, 0.717) is 0 Å². The summed E-state index contributed by atoms with van der Waals surface area (Å²) in [5.41, 5.74) is 5.37. The highest BCUT2D eigenvalue weighted by atomic mass is 19.4. The van der Waals surface area contributed by atoms with Crippen molar-refractivity contribution in [2.45, 2.75) is 193 Å². The van der Waals surface area contributed by atoms with Gasteiger partial charge >= 0.3 is 12.1 Å². The highest BCUT2D eigenvalue weighted by Gasteiger charge is 2.58. The molecule has 37 heteroatoms. The van der Waals surface area contributed by atoms with Gasteiger partial charge in [-0.1, -0.05) is 0 Å². The van der Waals surface area contributed by atoms with Crippen LogP contribution in [0.15, 0.2) is 0 Å². The van der Waals surface area contributed by atoms with Crippen molar-refractivity contribution >= 4 is 35.5 Å². The van der Waals surface area contributed by atoms with Gasteiger partial charge in [0.15, 0.2) is 37.6 Å². The fourth-order valence-corrected chi connectivity index (χ4v) is 9.49. The van der Waals surface area contributed by atoms with Crippen LogP contribution in [0.3, 0.4) is 0 Å². The van der Waals surface area contributed by atoms with Gasteiger partial charge in [-0.25, -0.2) is 4.79 Å². The predicted molar refractivity (Wildman–Crippen MR) is 244 cm³/mol. The number of ether oxygens (including phenoxy) is 10. The molecule has 0 aromatic rings. The van der Waals surface area contributed by atoms with Crippen molar-refractivity contribution in [2.75, 3.05) is 39.6 Å². The molecule has 5 heterocycles. The van der Waals surface area contributed by atoms with Crippen molar-refractivity contribution < 1.29 is 151 Å². The van der Waals surface area contributed by atoms with E-state index in [1.54, 1.807) is 0 Å². The van der Waals surface area contributed by atoms with Crippen molar-refractivity contribution in [2.24, 2.45) is 5.73 Å². The third-order valence-electron chi connectivity index (χ3n) is 13.3. The summed E-state index contributed by atoms with van der Waals surface area (Å²) in [7, 11) is 0. The highest BCUT2D eigenvalue weighted by molar-refractivity contribution is 5.85. The molecule has 4 unspecified atom stereocenters. The minimum Gasteiger partial charge on any atom is -0.444 e. The van der Waals surface area contributed by atoms with Gasteiger partial charge in [0, 0.05) is 34.2 Å². The fourth-order valence-electron chi connectivity index (χ4n) is 9.49. The normalized spacial score (nSPS) is 40.9. The lowest BCUT2D eigenvalue weighted by Crippen LogP contribution is -2.72. The first-order valence-corrected chi connectivity index (χ1v) is 24.6. The van der Waals surface area contributed by atoms with Crippen molar-refractivity contribution in [3.05, 3.63) is 0 Å². The van der Waals surface area contributed by atoms with Gasteiger partial charge in [-0.05, 0) is 0 Å². The molecule has 5 rings (SSSR count). The summed E-state index contributed by atoms with van der Waals surface area (Å²) in [6.07, 6.45) is -46.3. The Morgan fingerprint density at radius 1 is 0.450 bits per heavy atom. The number of carbonyl (C=O) groups is 6. The molecule has 0 radical (unpaired) electrons. The van der Waals surface area contributed by atoms with Gasteiger partial charge in [-0.3, -0.25) is 24.0 Å². The van der Waals surface area contributed by atoms with Gasteiger partial charge in [0.25, 0.3) is 5.91 Å². The Balaban J connectivity index is 1.40. The minimum absolute atomic E-state index is 0.719. The molecule has 0 aliphatic carbocycles. The molecule has 5 saturated heterocycles. The number of carbonyl (C=O) groups excluding carboxylic acids is 6. The van der Waals surface area contributed by atoms with Crippen LogP contribution >= 0.6 is 0 Å². The van der Waals surface area contributed by atoms with Gasteiger partial charge in [0.05, 0.1) is 33.0 Å². The molecule has 0 bridgehead atoms. The van der Waals surface area contributed by atoms with E-state index in [1.165, 1.54) is 0 Å². The number of aliphatic hydroxyl groups is 12. The number of esters is 1. The summed E-state index contributed by atoms with van der Waals surface area (Å²) in [5, 5.41) is 142. The predicted octanol–water partition coefficient (Wildman–Crippen LogP) is -11.8. The second-order valence-corrected chi connectivity index (χ2v) is 19.1. The van der Waals surface area contributed by atoms with Crippen LogP contribution in [0.4, 0.5) is 13.2 Å². The molecule has 5 amide bonds. The Bertz CT molecular complexity index is 2100. The number of alkyl halides is 3. The molecule has 5 aliphatic rings. The van der Waals surface area contributed by atoms with Crippen LogP contribution in [0, 0.1) is 0 Å². The standard InChI is InChI=1S/C43H69F3N6O28/c1-11(58)48-21-28(64)32(17(7-54)71-37(21)69)77-39-23(49-12(2)59)30(66)34(19(9-56)73-39)79-41-25(51-14(4)61)31(67)35(20(10-57)75-41)80-40-24(50-13(3)60)29(65)33(18(8-55)74-40)78-38-22(27(63)26(62)16(6-53)72-38)52-36(68)15(5-47)76-42(70)43(44,45)46/h15-35,37-41,53-57,62-67,69H,5-10,47H2,1-4H3,(H,48,58)(H,49,59)(H,50,60)(H,51,61)(H,52,68)/t15?,16-,17-,18-,19-,20-,21-,22-,23-,24-,25-,26-,27-,28-,29-,30-,31-,32+,33?,34?,35?,37-,38+,39+,40+,41+/m1/s1. The maximum atomic E-state index is 13.1. The largest absolute Gasteiger partial charge is 0.490 e. The maximum absolute atomic E-state index is 13.1. The minimum atomic E-state index is -5.59. The third-order valence-corrected chi connectivity index (χ3v) is 13.3. The summed E-state index contributed by atoms with van der Waals surface area (Å²) in [4.78, 5) is 74.5. The molecular formula is C43H69F3N6O28. The van der Waals surface area contributed by atoms with E-state index in [1.807, 2.05) is 5.32 Å². The number of hydrogen-bond donors (Lipinski definition) is 18. The molecule has 80 heavy (non-hydrogen) atoms. The fraction of sp³-hybridized carbons (Fsp3) is 0.860. The maximum Gasteiger partial charge on any atom is 0.490 e. The van der Waals surface area contributed by atoms with Gasteiger partial charge in [-0.15, -0.1) is 0 Å². The van der Waals surface area contributed by atoms with Gasteiger partial charge in [0.1, 0.15) is 122 Å². The molecule has 34 nitrogen and oxygen atoms in total. The zero-order valence-corrected chi connectivity index (χ0v) is 42.9. The molecule has 0 aromatic carbocycles.